The number of halogens is 1. The highest BCUT2D eigenvalue weighted by Crippen LogP contribution is 2.36. The van der Waals surface area contributed by atoms with Gasteiger partial charge in [0.25, 0.3) is 11.8 Å². The molecule has 140 valence electrons. The number of benzene rings is 1. The standard InChI is InChI=1S/C17H21ClN4O4/c1-22-9-11(8-21-22)4-3-5-20-17(24)12-6-13(18)16(14(7-12)25-2)26-10-15(19)23/h6-9H,3-5,10H2,1-2H3,(H2,19,23)(H,20,24). The van der Waals surface area contributed by atoms with E-state index in [-0.39, 0.29) is 29.0 Å². The molecule has 0 atom stereocenters. The Morgan fingerprint density at radius 2 is 2.15 bits per heavy atom. The molecule has 1 aromatic carbocycles. The van der Waals surface area contributed by atoms with E-state index in [9.17, 15) is 9.59 Å². The van der Waals surface area contributed by atoms with E-state index in [0.29, 0.717) is 12.1 Å². The number of nitrogens with zero attached hydrogens (tertiary/aromatic N) is 2. The molecule has 1 aromatic heterocycles. The third kappa shape index (κ3) is 5.38. The first-order chi connectivity index (χ1) is 12.4. The van der Waals surface area contributed by atoms with Crippen molar-refractivity contribution < 1.29 is 19.1 Å². The molecule has 0 radical (unpaired) electrons. The Balaban J connectivity index is 1.95. The summed E-state index contributed by atoms with van der Waals surface area (Å²) >= 11 is 6.14. The number of carbonyl (C=O) groups excluding carboxylic acids is 2. The number of primary amides is 1. The first kappa shape index (κ1) is 19.6. The molecule has 8 nitrogen and oxygen atoms in total. The quantitative estimate of drug-likeness (QED) is 0.637. The first-order valence-electron chi connectivity index (χ1n) is 7.95. The molecule has 0 unspecified atom stereocenters. The molecule has 0 spiro atoms. The number of amides is 2. The van der Waals surface area contributed by atoms with Crippen molar-refractivity contribution >= 4 is 23.4 Å². The van der Waals surface area contributed by atoms with Crippen molar-refractivity contribution in [2.45, 2.75) is 12.8 Å². The van der Waals surface area contributed by atoms with E-state index in [0.717, 1.165) is 18.4 Å². The van der Waals surface area contributed by atoms with Crippen molar-refractivity contribution in [1.82, 2.24) is 15.1 Å². The summed E-state index contributed by atoms with van der Waals surface area (Å²) in [5, 5.41) is 7.09. The lowest BCUT2D eigenvalue weighted by atomic mass is 10.1. The Morgan fingerprint density at radius 1 is 1.38 bits per heavy atom. The number of hydrogen-bond donors (Lipinski definition) is 2. The van der Waals surface area contributed by atoms with E-state index >= 15 is 0 Å². The molecule has 0 aliphatic carbocycles. The minimum absolute atomic E-state index is 0.158. The van der Waals surface area contributed by atoms with Crippen LogP contribution in [0.5, 0.6) is 11.5 Å². The van der Waals surface area contributed by atoms with Crippen molar-refractivity contribution in [1.29, 1.82) is 0 Å². The van der Waals surface area contributed by atoms with E-state index in [1.54, 1.807) is 10.9 Å². The number of hydrogen-bond acceptors (Lipinski definition) is 5. The van der Waals surface area contributed by atoms with Crippen molar-refractivity contribution in [3.63, 3.8) is 0 Å². The van der Waals surface area contributed by atoms with Crippen molar-refractivity contribution in [3.05, 3.63) is 40.7 Å². The van der Waals surface area contributed by atoms with Gasteiger partial charge in [-0.05, 0) is 30.5 Å². The number of aromatic nitrogens is 2. The van der Waals surface area contributed by atoms with Gasteiger partial charge in [-0.1, -0.05) is 11.6 Å². The summed E-state index contributed by atoms with van der Waals surface area (Å²) in [7, 11) is 3.28. The van der Waals surface area contributed by atoms with Gasteiger partial charge in [0.15, 0.2) is 18.1 Å². The zero-order chi connectivity index (χ0) is 19.1. The Hall–Kier alpha value is -2.74. The molecular formula is C17H21ClN4O4. The lowest BCUT2D eigenvalue weighted by molar-refractivity contribution is -0.119. The van der Waals surface area contributed by atoms with Gasteiger partial charge in [-0.25, -0.2) is 0 Å². The van der Waals surface area contributed by atoms with Crippen molar-refractivity contribution in [2.24, 2.45) is 12.8 Å². The first-order valence-corrected chi connectivity index (χ1v) is 8.33. The molecule has 0 saturated carbocycles. The summed E-state index contributed by atoms with van der Waals surface area (Å²) in [6.45, 7) is 0.170. The molecule has 0 aliphatic heterocycles. The second-order valence-electron chi connectivity index (χ2n) is 5.63. The average Bonchev–Trinajstić information content (AvgIpc) is 3.01. The number of methoxy groups -OCH3 is 1. The zero-order valence-corrected chi connectivity index (χ0v) is 15.4. The summed E-state index contributed by atoms with van der Waals surface area (Å²) in [5.41, 5.74) is 6.50. The molecule has 1 heterocycles. The molecule has 0 aliphatic rings. The number of nitrogens with one attached hydrogen (secondary N) is 1. The van der Waals surface area contributed by atoms with Gasteiger partial charge in [0.05, 0.1) is 18.3 Å². The largest absolute Gasteiger partial charge is 0.493 e. The van der Waals surface area contributed by atoms with E-state index in [4.69, 9.17) is 26.8 Å². The summed E-state index contributed by atoms with van der Waals surface area (Å²) in [6.07, 6.45) is 5.34. The molecule has 3 N–H and O–H groups in total. The smallest absolute Gasteiger partial charge is 0.255 e. The molecule has 2 rings (SSSR count). The third-order valence-corrected chi connectivity index (χ3v) is 3.82. The number of nitrogens with two attached hydrogens (primary N) is 1. The van der Waals surface area contributed by atoms with Gasteiger partial charge >= 0.3 is 0 Å². The maximum absolute atomic E-state index is 12.3. The Bertz CT molecular complexity index is 791. The Kier molecular flexibility index (Phi) is 6.85. The van der Waals surface area contributed by atoms with Crippen LogP contribution in [-0.4, -0.2) is 41.9 Å². The monoisotopic (exact) mass is 380 g/mol. The SMILES string of the molecule is COc1cc(C(=O)NCCCc2cnn(C)c2)cc(Cl)c1OCC(N)=O. The van der Waals surface area contributed by atoms with Gasteiger partial charge in [-0.2, -0.15) is 5.10 Å². The second-order valence-corrected chi connectivity index (χ2v) is 6.03. The van der Waals surface area contributed by atoms with Crippen molar-refractivity contribution in [3.8, 4) is 11.5 Å². The third-order valence-electron chi connectivity index (χ3n) is 3.54. The van der Waals surface area contributed by atoms with Crippen molar-refractivity contribution in [2.75, 3.05) is 20.3 Å². The fraction of sp³-hybridized carbons (Fsp3) is 0.353. The summed E-state index contributed by atoms with van der Waals surface area (Å²) < 4.78 is 12.2. The minimum Gasteiger partial charge on any atom is -0.493 e. The van der Waals surface area contributed by atoms with Gasteiger partial charge in [-0.15, -0.1) is 0 Å². The van der Waals surface area contributed by atoms with Gasteiger partial charge in [0.2, 0.25) is 0 Å². The minimum atomic E-state index is -0.640. The van der Waals surface area contributed by atoms with Crippen LogP contribution in [0, 0.1) is 0 Å². The van der Waals surface area contributed by atoms with E-state index in [1.807, 2.05) is 13.2 Å². The lowest BCUT2D eigenvalue weighted by Gasteiger charge is -2.13. The molecule has 9 heteroatoms. The topological polar surface area (TPSA) is 108 Å². The van der Waals surface area contributed by atoms with E-state index in [2.05, 4.69) is 10.4 Å². The van der Waals surface area contributed by atoms with Gasteiger partial charge in [-0.3, -0.25) is 14.3 Å². The number of ether oxygens (including phenoxy) is 2. The zero-order valence-electron chi connectivity index (χ0n) is 14.6. The van der Waals surface area contributed by atoms with Crippen LogP contribution in [0.4, 0.5) is 0 Å². The van der Waals surface area contributed by atoms with Gasteiger partial charge < -0.3 is 20.5 Å². The molecule has 0 saturated heterocycles. The van der Waals surface area contributed by atoms with Crippen LogP contribution in [0.3, 0.4) is 0 Å². The van der Waals surface area contributed by atoms with Crippen LogP contribution >= 0.6 is 11.6 Å². The average molecular weight is 381 g/mol. The highest BCUT2D eigenvalue weighted by molar-refractivity contribution is 6.32. The van der Waals surface area contributed by atoms with Crippen LogP contribution in [-0.2, 0) is 18.3 Å². The lowest BCUT2D eigenvalue weighted by Crippen LogP contribution is -2.25. The maximum atomic E-state index is 12.3. The van der Waals surface area contributed by atoms with Gasteiger partial charge in [0.1, 0.15) is 0 Å². The second kappa shape index (κ2) is 9.10. The van der Waals surface area contributed by atoms with Crippen LogP contribution in [0.15, 0.2) is 24.5 Å². The predicted octanol–water partition coefficient (Wildman–Crippen LogP) is 1.31. The molecule has 26 heavy (non-hydrogen) atoms. The van der Waals surface area contributed by atoms with Crippen LogP contribution in [0.25, 0.3) is 0 Å². The van der Waals surface area contributed by atoms with E-state index < -0.39 is 5.91 Å². The summed E-state index contributed by atoms with van der Waals surface area (Å²) in [4.78, 5) is 23.2. The number of carbonyl (C=O) groups is 2. The molecule has 0 fully saturated rings. The normalized spacial score (nSPS) is 10.4. The number of rotatable bonds is 9. The number of aryl methyl sites for hydroxylation is 2. The molecule has 2 amide bonds. The van der Waals surface area contributed by atoms with Crippen LogP contribution in [0.2, 0.25) is 5.02 Å². The highest BCUT2D eigenvalue weighted by atomic mass is 35.5. The highest BCUT2D eigenvalue weighted by Gasteiger charge is 2.16. The van der Waals surface area contributed by atoms with Crippen LogP contribution in [0.1, 0.15) is 22.3 Å². The summed E-state index contributed by atoms with van der Waals surface area (Å²) in [5.74, 6) is -0.503. The fourth-order valence-corrected chi connectivity index (χ4v) is 2.60. The van der Waals surface area contributed by atoms with E-state index in [1.165, 1.54) is 19.2 Å². The predicted molar refractivity (Wildman–Crippen MR) is 96.6 cm³/mol. The Morgan fingerprint density at radius 3 is 2.77 bits per heavy atom. The maximum Gasteiger partial charge on any atom is 0.255 e. The van der Waals surface area contributed by atoms with Crippen LogP contribution < -0.4 is 20.5 Å². The fourth-order valence-electron chi connectivity index (χ4n) is 2.33. The molecular weight excluding hydrogens is 360 g/mol. The molecule has 0 bridgehead atoms. The Labute approximate surface area is 156 Å². The van der Waals surface area contributed by atoms with Gasteiger partial charge in [0, 0.05) is 25.4 Å². The summed E-state index contributed by atoms with van der Waals surface area (Å²) in [6, 6.07) is 2.95. The molecule has 2 aromatic rings.